The number of carbonyl (C=O) groups excluding carboxylic acids is 1. The summed E-state index contributed by atoms with van der Waals surface area (Å²) in [6.07, 6.45) is 4.88. The normalized spacial score (nSPS) is 32.8. The lowest BCUT2D eigenvalue weighted by molar-refractivity contribution is -0.121. The second-order valence-electron chi connectivity index (χ2n) is 2.42. The van der Waals surface area contributed by atoms with Crippen LogP contribution in [0.3, 0.4) is 0 Å². The van der Waals surface area contributed by atoms with Crippen LogP contribution in [0.5, 0.6) is 0 Å². The van der Waals surface area contributed by atoms with Crippen LogP contribution < -0.4 is 5.73 Å². The van der Waals surface area contributed by atoms with Crippen molar-refractivity contribution in [3.8, 4) is 0 Å². The zero-order valence-electron chi connectivity index (χ0n) is 7.27. The van der Waals surface area contributed by atoms with E-state index >= 15 is 0 Å². The first-order valence-electron chi connectivity index (χ1n) is 4.00. The third-order valence-corrected chi connectivity index (χ3v) is 1.66. The van der Waals surface area contributed by atoms with Gasteiger partial charge in [-0.3, -0.25) is 9.79 Å². The maximum Gasteiger partial charge on any atom is 0.244 e. The zero-order valence-corrected chi connectivity index (χ0v) is 6.27. The van der Waals surface area contributed by atoms with Crippen LogP contribution in [0, 0.1) is 0 Å². The molecule has 1 atom stereocenters. The van der Waals surface area contributed by atoms with Gasteiger partial charge in [0, 0.05) is 6.21 Å². The van der Waals surface area contributed by atoms with Crippen molar-refractivity contribution in [3.63, 3.8) is 0 Å². The molecule has 0 saturated carbocycles. The smallest absolute Gasteiger partial charge is 0.244 e. The Morgan fingerprint density at radius 3 is 3.50 bits per heavy atom. The number of nitrogens with zero attached hydrogens (tertiary/aromatic N) is 3. The molecule has 0 aromatic rings. The van der Waals surface area contributed by atoms with E-state index in [1.54, 1.807) is 12.2 Å². The molecule has 0 fully saturated rings. The standard InChI is InChI=1S/C7H8N4O/c8-7(12)5-4-9-6-2-1-3-10-11(5)6/h1-3,5H,4H2,(H2,8,12)/i5D. The van der Waals surface area contributed by atoms with Crippen LogP contribution in [0.2, 0.25) is 0 Å². The van der Waals surface area contributed by atoms with Gasteiger partial charge in [-0.05, 0) is 12.2 Å². The molecule has 2 N–H and O–H groups in total. The molecule has 5 nitrogen and oxygen atoms in total. The summed E-state index contributed by atoms with van der Waals surface area (Å²) in [5.74, 6) is -0.227. The van der Waals surface area contributed by atoms with Gasteiger partial charge in [0.2, 0.25) is 5.91 Å². The van der Waals surface area contributed by atoms with Crippen molar-refractivity contribution >= 4 is 18.0 Å². The van der Waals surface area contributed by atoms with Gasteiger partial charge in [0.05, 0.1) is 7.92 Å². The zero-order chi connectivity index (χ0) is 9.47. The summed E-state index contributed by atoms with van der Waals surface area (Å²) < 4.78 is 7.75. The lowest BCUT2D eigenvalue weighted by atomic mass is 10.3. The number of hydrazone groups is 1. The molecule has 2 aliphatic rings. The Morgan fingerprint density at radius 1 is 1.92 bits per heavy atom. The Hall–Kier alpha value is -1.65. The van der Waals surface area contributed by atoms with Crippen molar-refractivity contribution in [2.24, 2.45) is 15.8 Å². The van der Waals surface area contributed by atoms with E-state index in [4.69, 9.17) is 7.10 Å². The Balaban J connectivity index is 2.37. The number of hydrogen-bond acceptors (Lipinski definition) is 4. The van der Waals surface area contributed by atoms with Crippen LogP contribution in [-0.2, 0) is 4.79 Å². The van der Waals surface area contributed by atoms with E-state index in [-0.39, 0.29) is 6.54 Å². The molecular formula is C7H8N4O. The van der Waals surface area contributed by atoms with Crippen LogP contribution in [0.1, 0.15) is 1.37 Å². The minimum Gasteiger partial charge on any atom is -0.368 e. The minimum absolute atomic E-state index is 0.0410. The van der Waals surface area contributed by atoms with Crippen molar-refractivity contribution in [1.82, 2.24) is 5.01 Å². The van der Waals surface area contributed by atoms with E-state index in [2.05, 4.69) is 10.1 Å². The highest BCUT2D eigenvalue weighted by Crippen LogP contribution is 2.13. The molecule has 0 spiro atoms. The summed E-state index contributed by atoms with van der Waals surface area (Å²) in [7, 11) is 0. The molecule has 0 aromatic carbocycles. The number of rotatable bonds is 1. The van der Waals surface area contributed by atoms with Gasteiger partial charge < -0.3 is 5.73 Å². The lowest BCUT2D eigenvalue weighted by Crippen LogP contribution is -2.42. The van der Waals surface area contributed by atoms with Crippen LogP contribution in [0.4, 0.5) is 0 Å². The first kappa shape index (κ1) is 5.93. The highest BCUT2D eigenvalue weighted by molar-refractivity contribution is 6.02. The quantitative estimate of drug-likeness (QED) is 0.547. The Labute approximate surface area is 70.7 Å². The fourth-order valence-electron chi connectivity index (χ4n) is 1.10. The van der Waals surface area contributed by atoms with Crippen LogP contribution in [0.15, 0.2) is 22.2 Å². The molecule has 0 aromatic heterocycles. The van der Waals surface area contributed by atoms with Crippen LogP contribution >= 0.6 is 0 Å². The molecule has 1 unspecified atom stereocenters. The third kappa shape index (κ3) is 0.903. The number of hydrogen-bond donors (Lipinski definition) is 1. The fourth-order valence-corrected chi connectivity index (χ4v) is 1.10. The molecule has 2 rings (SSSR count). The molecule has 2 aliphatic heterocycles. The van der Waals surface area contributed by atoms with Gasteiger partial charge in [-0.15, -0.1) is 0 Å². The minimum atomic E-state index is -1.55. The van der Waals surface area contributed by atoms with Crippen molar-refractivity contribution in [2.75, 3.05) is 6.54 Å². The number of amidine groups is 1. The first-order valence-corrected chi connectivity index (χ1v) is 3.50. The van der Waals surface area contributed by atoms with Crippen LogP contribution in [0.25, 0.3) is 0 Å². The highest BCUT2D eigenvalue weighted by atomic mass is 16.1. The summed E-state index contributed by atoms with van der Waals surface area (Å²) >= 11 is 0. The van der Waals surface area contributed by atoms with Gasteiger partial charge in [-0.2, -0.15) is 5.10 Å². The fraction of sp³-hybridized carbons (Fsp3) is 0.286. The number of aliphatic imine (C=N–C) groups is 1. The number of primary amides is 1. The second-order valence-corrected chi connectivity index (χ2v) is 2.42. The summed E-state index contributed by atoms with van der Waals surface area (Å²) in [5.41, 5.74) is 5.10. The predicted molar refractivity (Wildman–Crippen MR) is 44.8 cm³/mol. The number of fused-ring (bicyclic) bond motifs is 1. The molecule has 0 radical (unpaired) electrons. The van der Waals surface area contributed by atoms with Crippen molar-refractivity contribution in [1.29, 1.82) is 0 Å². The predicted octanol–water partition coefficient (Wildman–Crippen LogP) is -0.890. The van der Waals surface area contributed by atoms with E-state index in [0.29, 0.717) is 5.84 Å². The Bertz CT molecular complexity index is 348. The molecular weight excluding hydrogens is 156 g/mol. The number of amides is 1. The van der Waals surface area contributed by atoms with Crippen molar-refractivity contribution in [2.45, 2.75) is 6.02 Å². The molecule has 62 valence electrons. The summed E-state index contributed by atoms with van der Waals surface area (Å²) in [6, 6.07) is -1.55. The highest BCUT2D eigenvalue weighted by Gasteiger charge is 2.31. The monoisotopic (exact) mass is 165 g/mol. The molecule has 5 heteroatoms. The topological polar surface area (TPSA) is 71.0 Å². The summed E-state index contributed by atoms with van der Waals surface area (Å²) in [4.78, 5) is 15.0. The number of nitrogens with two attached hydrogens (primary N) is 1. The maximum atomic E-state index is 11.0. The van der Waals surface area contributed by atoms with E-state index in [1.165, 1.54) is 11.2 Å². The van der Waals surface area contributed by atoms with Gasteiger partial charge in [0.25, 0.3) is 0 Å². The van der Waals surface area contributed by atoms with Crippen molar-refractivity contribution in [3.05, 3.63) is 12.2 Å². The van der Waals surface area contributed by atoms with Gasteiger partial charge in [-0.1, -0.05) is 0 Å². The summed E-state index contributed by atoms with van der Waals surface area (Å²) in [6.45, 7) is 0.0410. The molecule has 12 heavy (non-hydrogen) atoms. The maximum absolute atomic E-state index is 11.0. The second kappa shape index (κ2) is 2.44. The first-order chi connectivity index (χ1) is 6.14. The Kier molecular flexibility index (Phi) is 1.21. The van der Waals surface area contributed by atoms with E-state index < -0.39 is 11.9 Å². The van der Waals surface area contributed by atoms with E-state index in [0.717, 1.165) is 0 Å². The van der Waals surface area contributed by atoms with Gasteiger partial charge in [0.15, 0.2) is 6.02 Å². The van der Waals surface area contributed by atoms with E-state index in [9.17, 15) is 4.79 Å². The SMILES string of the molecule is [2H]C1(C(N)=O)CN=C2C=CC=NN21. The number of carbonyl (C=O) groups is 1. The Morgan fingerprint density at radius 2 is 2.75 bits per heavy atom. The average molecular weight is 165 g/mol. The van der Waals surface area contributed by atoms with E-state index in [1.807, 2.05) is 0 Å². The molecule has 0 saturated heterocycles. The largest absolute Gasteiger partial charge is 0.368 e. The van der Waals surface area contributed by atoms with Crippen molar-refractivity contribution < 1.29 is 6.17 Å². The summed E-state index contributed by atoms with van der Waals surface area (Å²) in [5, 5.41) is 5.10. The van der Waals surface area contributed by atoms with Gasteiger partial charge in [0.1, 0.15) is 5.84 Å². The average Bonchev–Trinajstić information content (AvgIpc) is 2.47. The van der Waals surface area contributed by atoms with Gasteiger partial charge in [-0.25, -0.2) is 5.01 Å². The lowest BCUT2D eigenvalue weighted by Gasteiger charge is -2.19. The van der Waals surface area contributed by atoms with Gasteiger partial charge >= 0.3 is 0 Å². The number of allylic oxidation sites excluding steroid dienone is 1. The molecule has 0 aliphatic carbocycles. The molecule has 2 heterocycles. The molecule has 1 amide bonds. The third-order valence-electron chi connectivity index (χ3n) is 1.66. The van der Waals surface area contributed by atoms with Crippen LogP contribution in [-0.4, -0.2) is 35.5 Å². The molecule has 0 bridgehead atoms.